The Hall–Kier alpha value is -0.240. The van der Waals surface area contributed by atoms with Crippen LogP contribution in [-0.2, 0) is 14.8 Å². The van der Waals surface area contributed by atoms with E-state index < -0.39 is 15.4 Å². The Balaban J connectivity index is 2.85. The zero-order valence-electron chi connectivity index (χ0n) is 10.7. The fraction of sp³-hybridized carbons (Fsp3) is 0.545. The number of ketones is 1. The summed E-state index contributed by atoms with van der Waals surface area (Å²) >= 11 is 4.60. The molecule has 1 heterocycles. The number of halogens is 1. The van der Waals surface area contributed by atoms with Crippen LogP contribution in [0.1, 0.15) is 25.6 Å². The minimum Gasteiger partial charge on any atom is -0.298 e. The molecule has 18 heavy (non-hydrogen) atoms. The maximum atomic E-state index is 12.0. The van der Waals surface area contributed by atoms with E-state index in [2.05, 4.69) is 20.7 Å². The smallest absolute Gasteiger partial charge is 0.242 e. The van der Waals surface area contributed by atoms with Crippen LogP contribution in [0.25, 0.3) is 0 Å². The Labute approximate surface area is 120 Å². The summed E-state index contributed by atoms with van der Waals surface area (Å²) in [6, 6.07) is 1.55. The van der Waals surface area contributed by atoms with Gasteiger partial charge in [0.15, 0.2) is 5.78 Å². The van der Waals surface area contributed by atoms with Gasteiger partial charge >= 0.3 is 0 Å². The molecule has 0 fully saturated rings. The van der Waals surface area contributed by atoms with Crippen LogP contribution in [0.2, 0.25) is 0 Å². The van der Waals surface area contributed by atoms with Crippen molar-refractivity contribution in [1.29, 1.82) is 0 Å². The number of hydrogen-bond acceptors (Lipinski definition) is 4. The Kier molecular flexibility index (Phi) is 4.75. The first-order chi connectivity index (χ1) is 8.04. The SMILES string of the molecule is Cc1sc(Br)cc1S(=O)(=O)NCC(=O)C(C)(C)C. The van der Waals surface area contributed by atoms with Gasteiger partial charge in [0.05, 0.1) is 15.2 Å². The number of aryl methyl sites for hydroxylation is 1. The third-order valence-electron chi connectivity index (χ3n) is 2.39. The van der Waals surface area contributed by atoms with Gasteiger partial charge in [0.2, 0.25) is 10.0 Å². The molecule has 4 nitrogen and oxygen atoms in total. The quantitative estimate of drug-likeness (QED) is 0.904. The van der Waals surface area contributed by atoms with Crippen LogP contribution in [0, 0.1) is 12.3 Å². The van der Waals surface area contributed by atoms with E-state index in [9.17, 15) is 13.2 Å². The molecule has 0 saturated carbocycles. The normalized spacial score (nSPS) is 12.7. The minimum atomic E-state index is -3.62. The third kappa shape index (κ3) is 3.88. The van der Waals surface area contributed by atoms with Crippen LogP contribution in [0.3, 0.4) is 0 Å². The molecule has 0 amide bonds. The highest BCUT2D eigenvalue weighted by molar-refractivity contribution is 9.11. The Morgan fingerprint density at radius 1 is 1.44 bits per heavy atom. The van der Waals surface area contributed by atoms with Crippen molar-refractivity contribution < 1.29 is 13.2 Å². The Morgan fingerprint density at radius 2 is 2.00 bits per heavy atom. The van der Waals surface area contributed by atoms with Crippen LogP contribution in [-0.4, -0.2) is 20.7 Å². The van der Waals surface area contributed by atoms with Gasteiger partial charge in [-0.2, -0.15) is 0 Å². The van der Waals surface area contributed by atoms with E-state index in [0.29, 0.717) is 4.88 Å². The van der Waals surface area contributed by atoms with E-state index in [1.54, 1.807) is 33.8 Å². The number of rotatable bonds is 4. The van der Waals surface area contributed by atoms with Gasteiger partial charge < -0.3 is 0 Å². The van der Waals surface area contributed by atoms with E-state index in [0.717, 1.165) is 3.79 Å². The summed E-state index contributed by atoms with van der Waals surface area (Å²) in [6.45, 7) is 6.83. The lowest BCUT2D eigenvalue weighted by molar-refractivity contribution is -0.125. The molecule has 1 rings (SSSR count). The zero-order valence-corrected chi connectivity index (χ0v) is 13.9. The van der Waals surface area contributed by atoms with Crippen molar-refractivity contribution in [3.8, 4) is 0 Å². The van der Waals surface area contributed by atoms with Gasteiger partial charge in [0.25, 0.3) is 0 Å². The molecule has 0 aliphatic heterocycles. The zero-order chi connectivity index (χ0) is 14.1. The summed E-state index contributed by atoms with van der Waals surface area (Å²) in [7, 11) is -3.62. The number of carbonyl (C=O) groups excluding carboxylic acids is 1. The van der Waals surface area contributed by atoms with Crippen molar-refractivity contribution in [2.45, 2.75) is 32.6 Å². The van der Waals surface area contributed by atoms with Crippen molar-refractivity contribution in [2.75, 3.05) is 6.54 Å². The van der Waals surface area contributed by atoms with Crippen molar-refractivity contribution >= 4 is 43.1 Å². The molecule has 1 N–H and O–H groups in total. The average molecular weight is 354 g/mol. The highest BCUT2D eigenvalue weighted by atomic mass is 79.9. The standard InChI is InChI=1S/C11H16BrNO3S2/c1-7-8(5-10(12)17-7)18(15,16)13-6-9(14)11(2,3)4/h5,13H,6H2,1-4H3. The molecule has 102 valence electrons. The molecule has 0 spiro atoms. The van der Waals surface area contributed by atoms with E-state index in [1.165, 1.54) is 11.3 Å². The van der Waals surface area contributed by atoms with Gasteiger partial charge in [0.1, 0.15) is 0 Å². The minimum absolute atomic E-state index is 0.141. The van der Waals surface area contributed by atoms with Crippen molar-refractivity contribution in [2.24, 2.45) is 5.41 Å². The Morgan fingerprint density at radius 3 is 2.39 bits per heavy atom. The summed E-state index contributed by atoms with van der Waals surface area (Å²) in [5.74, 6) is -0.141. The first-order valence-electron chi connectivity index (χ1n) is 5.33. The number of thiophene rings is 1. The van der Waals surface area contributed by atoms with E-state index in [1.807, 2.05) is 0 Å². The summed E-state index contributed by atoms with van der Waals surface area (Å²) in [6.07, 6.45) is 0. The lowest BCUT2D eigenvalue weighted by Gasteiger charge is -2.16. The second-order valence-corrected chi connectivity index (χ2v) is 9.34. The summed E-state index contributed by atoms with van der Waals surface area (Å²) < 4.78 is 27.1. The molecule has 0 aliphatic rings. The second-order valence-electron chi connectivity index (χ2n) is 4.97. The summed E-state index contributed by atoms with van der Waals surface area (Å²) in [4.78, 5) is 12.6. The monoisotopic (exact) mass is 353 g/mol. The number of hydrogen-bond donors (Lipinski definition) is 1. The molecule has 0 aromatic carbocycles. The molecule has 0 aliphatic carbocycles. The van der Waals surface area contributed by atoms with Crippen molar-refractivity contribution in [3.05, 3.63) is 14.7 Å². The van der Waals surface area contributed by atoms with Crippen molar-refractivity contribution in [3.63, 3.8) is 0 Å². The fourth-order valence-corrected chi connectivity index (χ4v) is 4.60. The van der Waals surface area contributed by atoms with Crippen LogP contribution in [0.4, 0.5) is 0 Å². The van der Waals surface area contributed by atoms with Gasteiger partial charge in [-0.1, -0.05) is 20.8 Å². The average Bonchev–Trinajstić information content (AvgIpc) is 2.53. The van der Waals surface area contributed by atoms with E-state index in [4.69, 9.17) is 0 Å². The molecule has 1 aromatic rings. The largest absolute Gasteiger partial charge is 0.298 e. The molecule has 0 atom stereocenters. The first kappa shape index (κ1) is 15.8. The maximum absolute atomic E-state index is 12.0. The lowest BCUT2D eigenvalue weighted by atomic mass is 9.91. The van der Waals surface area contributed by atoms with Crippen molar-refractivity contribution in [1.82, 2.24) is 4.72 Å². The van der Waals surface area contributed by atoms with Crippen LogP contribution < -0.4 is 4.72 Å². The van der Waals surface area contributed by atoms with Gasteiger partial charge in [-0.3, -0.25) is 4.79 Å². The lowest BCUT2D eigenvalue weighted by Crippen LogP contribution is -2.35. The molecule has 1 aromatic heterocycles. The van der Waals surface area contributed by atoms with Crippen LogP contribution >= 0.6 is 27.3 Å². The predicted octanol–water partition coefficient (Wildman–Crippen LogP) is 2.71. The second kappa shape index (κ2) is 5.40. The topological polar surface area (TPSA) is 63.2 Å². The molecular formula is C11H16BrNO3S2. The van der Waals surface area contributed by atoms with Gasteiger partial charge in [-0.25, -0.2) is 13.1 Å². The third-order valence-corrected chi connectivity index (χ3v) is 5.60. The summed E-state index contributed by atoms with van der Waals surface area (Å²) in [5.41, 5.74) is -0.549. The molecule has 0 radical (unpaired) electrons. The molecular weight excluding hydrogens is 338 g/mol. The van der Waals surface area contributed by atoms with Crippen LogP contribution in [0.15, 0.2) is 14.7 Å². The fourth-order valence-electron chi connectivity index (χ4n) is 1.20. The number of nitrogens with one attached hydrogen (secondary N) is 1. The molecule has 0 unspecified atom stereocenters. The number of sulfonamides is 1. The highest BCUT2D eigenvalue weighted by Crippen LogP contribution is 2.29. The van der Waals surface area contributed by atoms with Gasteiger partial charge in [-0.15, -0.1) is 11.3 Å². The maximum Gasteiger partial charge on any atom is 0.242 e. The van der Waals surface area contributed by atoms with Crippen LogP contribution in [0.5, 0.6) is 0 Å². The first-order valence-corrected chi connectivity index (χ1v) is 8.42. The molecule has 0 saturated heterocycles. The highest BCUT2D eigenvalue weighted by Gasteiger charge is 2.25. The van der Waals surface area contributed by atoms with E-state index in [-0.39, 0.29) is 17.2 Å². The predicted molar refractivity (Wildman–Crippen MR) is 76.4 cm³/mol. The Bertz CT molecular complexity index is 555. The summed E-state index contributed by atoms with van der Waals surface area (Å²) in [5, 5.41) is 0. The van der Waals surface area contributed by atoms with Gasteiger partial charge in [0, 0.05) is 10.3 Å². The van der Waals surface area contributed by atoms with Gasteiger partial charge in [-0.05, 0) is 28.9 Å². The molecule has 7 heteroatoms. The van der Waals surface area contributed by atoms with E-state index >= 15 is 0 Å². The number of Topliss-reactive ketones (excluding diaryl/α,β-unsaturated/α-hetero) is 1. The molecule has 0 bridgehead atoms. The number of carbonyl (C=O) groups is 1.